The monoisotopic (exact) mass is 197 g/mol. The molecule has 1 aliphatic carbocycles. The quantitative estimate of drug-likeness (QED) is 0.641. The fraction of sp³-hybridized carbons (Fsp3) is 0.900. The first kappa shape index (κ1) is 9.93. The number of carbonyl (C=O) groups is 1. The molecular formula is C10H19N3O. The third kappa shape index (κ3) is 1.77. The highest BCUT2D eigenvalue weighted by molar-refractivity contribution is 5.80. The average Bonchev–Trinajstić information content (AvgIpc) is 2.74. The molecule has 0 spiro atoms. The first-order valence-electron chi connectivity index (χ1n) is 5.41. The zero-order valence-corrected chi connectivity index (χ0v) is 8.70. The minimum atomic E-state index is -0.240. The molecule has 0 radical (unpaired) electrons. The minimum Gasteiger partial charge on any atom is -0.368 e. The molecule has 2 rings (SSSR count). The Morgan fingerprint density at radius 3 is 2.86 bits per heavy atom. The lowest BCUT2D eigenvalue weighted by Crippen LogP contribution is -2.49. The molecule has 2 bridgehead atoms. The molecule has 1 saturated carbocycles. The number of amides is 1. The van der Waals surface area contributed by atoms with E-state index in [4.69, 9.17) is 5.73 Å². The molecule has 80 valence electrons. The van der Waals surface area contributed by atoms with Crippen molar-refractivity contribution in [3.63, 3.8) is 0 Å². The molecule has 3 N–H and O–H groups in total. The summed E-state index contributed by atoms with van der Waals surface area (Å²) in [5.74, 6) is 0.639. The highest BCUT2D eigenvalue weighted by Gasteiger charge is 2.38. The molecule has 2 aliphatic rings. The summed E-state index contributed by atoms with van der Waals surface area (Å²) in [5, 5.41) is 2.97. The van der Waals surface area contributed by atoms with E-state index in [1.807, 2.05) is 0 Å². The maximum Gasteiger partial charge on any atom is 0.235 e. The van der Waals surface area contributed by atoms with Gasteiger partial charge in [-0.3, -0.25) is 9.69 Å². The first-order valence-corrected chi connectivity index (χ1v) is 5.41. The highest BCUT2D eigenvalue weighted by atomic mass is 16.1. The molecule has 14 heavy (non-hydrogen) atoms. The number of fused-ring (bicyclic) bond motifs is 2. The molecule has 3 atom stereocenters. The first-order chi connectivity index (χ1) is 6.70. The van der Waals surface area contributed by atoms with Crippen molar-refractivity contribution in [1.82, 2.24) is 10.2 Å². The van der Waals surface area contributed by atoms with E-state index in [1.54, 1.807) is 7.05 Å². The second-order valence-electron chi connectivity index (χ2n) is 4.53. The molecule has 0 aromatic rings. The Hall–Kier alpha value is -0.610. The number of hydrogen-bond acceptors (Lipinski definition) is 3. The zero-order chi connectivity index (χ0) is 10.1. The van der Waals surface area contributed by atoms with Gasteiger partial charge in [-0.25, -0.2) is 0 Å². The fourth-order valence-electron chi connectivity index (χ4n) is 2.81. The van der Waals surface area contributed by atoms with E-state index >= 15 is 0 Å². The second-order valence-corrected chi connectivity index (χ2v) is 4.53. The van der Waals surface area contributed by atoms with Crippen molar-refractivity contribution in [3.8, 4) is 0 Å². The molecule has 0 aromatic heterocycles. The van der Waals surface area contributed by atoms with Crippen molar-refractivity contribution < 1.29 is 4.79 Å². The Labute approximate surface area is 84.8 Å². The number of carbonyl (C=O) groups excluding carboxylic acids is 1. The maximum absolute atomic E-state index is 11.1. The molecule has 1 aliphatic heterocycles. The van der Waals surface area contributed by atoms with Gasteiger partial charge in [0.25, 0.3) is 0 Å². The van der Waals surface area contributed by atoms with Gasteiger partial charge >= 0.3 is 0 Å². The van der Waals surface area contributed by atoms with Crippen molar-refractivity contribution in [2.45, 2.75) is 31.3 Å². The van der Waals surface area contributed by atoms with Crippen LogP contribution in [-0.4, -0.2) is 43.0 Å². The number of likely N-dealkylation sites (N-methyl/N-ethyl adjacent to an activating group) is 1. The van der Waals surface area contributed by atoms with Gasteiger partial charge in [0.1, 0.15) is 0 Å². The summed E-state index contributed by atoms with van der Waals surface area (Å²) in [7, 11) is 1.80. The summed E-state index contributed by atoms with van der Waals surface area (Å²) in [6.07, 6.45) is 4.01. The predicted octanol–water partition coefficient (Wildman–Crippen LogP) is -0.456. The van der Waals surface area contributed by atoms with Gasteiger partial charge in [-0.1, -0.05) is 0 Å². The van der Waals surface area contributed by atoms with Crippen molar-refractivity contribution in [2.24, 2.45) is 11.7 Å². The van der Waals surface area contributed by atoms with Crippen LogP contribution >= 0.6 is 0 Å². The van der Waals surface area contributed by atoms with Gasteiger partial charge in [0.05, 0.1) is 6.04 Å². The van der Waals surface area contributed by atoms with E-state index in [0.717, 1.165) is 25.0 Å². The Morgan fingerprint density at radius 2 is 2.43 bits per heavy atom. The lowest BCUT2D eigenvalue weighted by Gasteiger charge is -2.29. The van der Waals surface area contributed by atoms with Gasteiger partial charge in [-0.05, 0) is 32.2 Å². The van der Waals surface area contributed by atoms with E-state index in [0.29, 0.717) is 0 Å². The minimum absolute atomic E-state index is 0.186. The molecule has 0 aromatic carbocycles. The topological polar surface area (TPSA) is 58.4 Å². The van der Waals surface area contributed by atoms with E-state index in [-0.39, 0.29) is 11.9 Å². The van der Waals surface area contributed by atoms with Crippen LogP contribution in [0, 0.1) is 5.92 Å². The van der Waals surface area contributed by atoms with Crippen LogP contribution in [0.25, 0.3) is 0 Å². The molecule has 4 heteroatoms. The van der Waals surface area contributed by atoms with Gasteiger partial charge in [-0.2, -0.15) is 0 Å². The molecule has 3 unspecified atom stereocenters. The number of primary amides is 1. The number of nitrogens with one attached hydrogen (secondary N) is 1. The SMILES string of the molecule is CNC(CN1CC2CCC1C2)C(N)=O. The summed E-state index contributed by atoms with van der Waals surface area (Å²) >= 11 is 0. The van der Waals surface area contributed by atoms with Crippen LogP contribution < -0.4 is 11.1 Å². The molecule has 1 amide bonds. The summed E-state index contributed by atoms with van der Waals surface area (Å²) in [6, 6.07) is 0.532. The predicted molar refractivity (Wildman–Crippen MR) is 54.7 cm³/mol. The Kier molecular flexibility index (Phi) is 2.74. The number of likely N-dealkylation sites (tertiary alicyclic amines) is 1. The second kappa shape index (κ2) is 3.87. The van der Waals surface area contributed by atoms with Gasteiger partial charge in [-0.15, -0.1) is 0 Å². The Morgan fingerprint density at radius 1 is 1.64 bits per heavy atom. The third-order valence-electron chi connectivity index (χ3n) is 3.63. The highest BCUT2D eigenvalue weighted by Crippen LogP contribution is 2.37. The zero-order valence-electron chi connectivity index (χ0n) is 8.70. The standard InChI is InChI=1S/C10H19N3O/c1-12-9(10(11)14)6-13-5-7-2-3-8(13)4-7/h7-9,12H,2-6H2,1H3,(H2,11,14). The lowest BCUT2D eigenvalue weighted by atomic mass is 10.1. The summed E-state index contributed by atoms with van der Waals surface area (Å²) < 4.78 is 0. The van der Waals surface area contributed by atoms with Crippen LogP contribution in [0.2, 0.25) is 0 Å². The van der Waals surface area contributed by atoms with Crippen LogP contribution in [-0.2, 0) is 4.79 Å². The van der Waals surface area contributed by atoms with E-state index in [9.17, 15) is 4.79 Å². The van der Waals surface area contributed by atoms with Gasteiger partial charge in [0.2, 0.25) is 5.91 Å². The number of rotatable bonds is 4. The fourth-order valence-corrected chi connectivity index (χ4v) is 2.81. The van der Waals surface area contributed by atoms with E-state index in [2.05, 4.69) is 10.2 Å². The normalized spacial score (nSPS) is 33.5. The van der Waals surface area contributed by atoms with Crippen LogP contribution in [0.5, 0.6) is 0 Å². The molecular weight excluding hydrogens is 178 g/mol. The van der Waals surface area contributed by atoms with Crippen molar-refractivity contribution in [3.05, 3.63) is 0 Å². The number of nitrogens with zero attached hydrogens (tertiary/aromatic N) is 1. The van der Waals surface area contributed by atoms with E-state index < -0.39 is 0 Å². The van der Waals surface area contributed by atoms with Crippen LogP contribution in [0.3, 0.4) is 0 Å². The van der Waals surface area contributed by atoms with Crippen LogP contribution in [0.1, 0.15) is 19.3 Å². The van der Waals surface area contributed by atoms with Crippen LogP contribution in [0.4, 0.5) is 0 Å². The van der Waals surface area contributed by atoms with Crippen molar-refractivity contribution >= 4 is 5.91 Å². The Bertz CT molecular complexity index is 231. The van der Waals surface area contributed by atoms with Crippen molar-refractivity contribution in [1.29, 1.82) is 0 Å². The largest absolute Gasteiger partial charge is 0.368 e. The van der Waals surface area contributed by atoms with E-state index in [1.165, 1.54) is 19.3 Å². The molecule has 2 fully saturated rings. The van der Waals surface area contributed by atoms with Gasteiger partial charge in [0, 0.05) is 19.1 Å². The van der Waals surface area contributed by atoms with Crippen molar-refractivity contribution in [2.75, 3.05) is 20.1 Å². The number of hydrogen-bond donors (Lipinski definition) is 2. The third-order valence-corrected chi connectivity index (χ3v) is 3.63. The number of nitrogens with two attached hydrogens (primary N) is 1. The molecule has 1 heterocycles. The van der Waals surface area contributed by atoms with Gasteiger partial charge in [0.15, 0.2) is 0 Å². The summed E-state index contributed by atoms with van der Waals surface area (Å²) in [6.45, 7) is 1.95. The van der Waals surface area contributed by atoms with Crippen LogP contribution in [0.15, 0.2) is 0 Å². The Balaban J connectivity index is 1.88. The summed E-state index contributed by atoms with van der Waals surface area (Å²) in [5.41, 5.74) is 5.30. The number of piperidine rings is 1. The lowest BCUT2D eigenvalue weighted by molar-refractivity contribution is -0.120. The summed E-state index contributed by atoms with van der Waals surface area (Å²) in [4.78, 5) is 13.5. The average molecular weight is 197 g/mol. The smallest absolute Gasteiger partial charge is 0.235 e. The van der Waals surface area contributed by atoms with Gasteiger partial charge < -0.3 is 11.1 Å². The molecule has 4 nitrogen and oxygen atoms in total. The molecule has 1 saturated heterocycles. The maximum atomic E-state index is 11.1.